The highest BCUT2D eigenvalue weighted by Gasteiger charge is 2.52. The van der Waals surface area contributed by atoms with E-state index in [2.05, 4.69) is 38.3 Å². The summed E-state index contributed by atoms with van der Waals surface area (Å²) in [7, 11) is -5.37. The Bertz CT molecular complexity index is 1850. The highest BCUT2D eigenvalue weighted by Crippen LogP contribution is 2.42. The van der Waals surface area contributed by atoms with Crippen LogP contribution in [0, 0.1) is 0 Å². The Morgan fingerprint density at radius 2 is 0.867 bits per heavy atom. The number of nitrogens with one attached hydrogen (secondary N) is 2. The number of phosphoric ester groups is 1. The van der Waals surface area contributed by atoms with Gasteiger partial charge in [-0.2, -0.15) is 0 Å². The molecule has 0 aromatic heterocycles. The molecule has 13 atom stereocenters. The van der Waals surface area contributed by atoms with Crippen molar-refractivity contribution in [3.63, 3.8) is 0 Å². The van der Waals surface area contributed by atoms with E-state index in [0.29, 0.717) is 44.9 Å². The van der Waals surface area contributed by atoms with Gasteiger partial charge in [-0.3, -0.25) is 23.7 Å². The Morgan fingerprint density at radius 1 is 0.467 bits per heavy atom. The average Bonchev–Trinajstić information content (AvgIpc) is 0.911. The van der Waals surface area contributed by atoms with Gasteiger partial charge in [0.1, 0.15) is 48.7 Å². The van der Waals surface area contributed by atoms with Crippen molar-refractivity contribution in [1.82, 2.24) is 10.6 Å². The van der Waals surface area contributed by atoms with Gasteiger partial charge in [0.05, 0.1) is 44.7 Å². The quantitative estimate of drug-likeness (QED) is 0.0154. The van der Waals surface area contributed by atoms with Crippen molar-refractivity contribution < 1.29 is 92.4 Å². The van der Waals surface area contributed by atoms with Crippen LogP contribution in [0.5, 0.6) is 0 Å². The van der Waals surface area contributed by atoms with Crippen molar-refractivity contribution in [2.75, 3.05) is 13.2 Å². The van der Waals surface area contributed by atoms with Gasteiger partial charge in [-0.1, -0.05) is 259 Å². The average molecular weight is 1310 g/mol. The molecular weight excluding hydrogens is 1180 g/mol. The molecule has 2 aliphatic heterocycles. The molecule has 2 aliphatic rings. The second-order valence-electron chi connectivity index (χ2n) is 26.0. The third-order valence-electron chi connectivity index (χ3n) is 17.6. The Labute approximate surface area is 542 Å². The summed E-state index contributed by atoms with van der Waals surface area (Å²) in [6, 6.07) is -3.28. The van der Waals surface area contributed by atoms with Crippen LogP contribution in [0.4, 0.5) is 0 Å². The van der Waals surface area contributed by atoms with Crippen LogP contribution in [0.1, 0.15) is 317 Å². The lowest BCUT2D eigenvalue weighted by molar-refractivity contribution is -0.297. The summed E-state index contributed by atoms with van der Waals surface area (Å²) in [6.07, 6.45) is 23.2. The topological polar surface area (TPSA) is 327 Å². The van der Waals surface area contributed by atoms with E-state index in [9.17, 15) is 64.2 Å². The Balaban J connectivity index is 2.30. The number of hydrogen-bond acceptors (Lipinski definition) is 17. The molecule has 0 radical (unpaired) electrons. The first-order chi connectivity index (χ1) is 43.4. The first-order valence-electron chi connectivity index (χ1n) is 36.0. The molecule has 2 saturated heterocycles. The van der Waals surface area contributed by atoms with Crippen LogP contribution in [0.25, 0.3) is 0 Å². The number of carbonyl (C=O) groups excluding carboxylic acids is 4. The van der Waals surface area contributed by atoms with E-state index in [1.807, 2.05) is 0 Å². The van der Waals surface area contributed by atoms with Gasteiger partial charge in [-0.25, -0.2) is 4.57 Å². The minimum atomic E-state index is -5.37. The lowest BCUT2D eigenvalue weighted by atomic mass is 9.95. The number of esters is 2. The van der Waals surface area contributed by atoms with Crippen LogP contribution >= 0.6 is 7.82 Å². The van der Waals surface area contributed by atoms with Gasteiger partial charge < -0.3 is 74.7 Å². The van der Waals surface area contributed by atoms with Gasteiger partial charge in [0.15, 0.2) is 18.7 Å². The van der Waals surface area contributed by atoms with Gasteiger partial charge in [0.25, 0.3) is 0 Å². The maximum atomic E-state index is 14.2. The van der Waals surface area contributed by atoms with Crippen molar-refractivity contribution >= 4 is 31.6 Å². The summed E-state index contributed by atoms with van der Waals surface area (Å²) in [6.45, 7) is 7.03. The van der Waals surface area contributed by atoms with Crippen LogP contribution in [-0.2, 0) is 52.0 Å². The molecule has 0 aliphatic carbocycles. The fraction of sp³-hybridized carbons (Fsp3) is 0.941. The van der Waals surface area contributed by atoms with E-state index in [1.54, 1.807) is 0 Å². The number of unbranched alkanes of at least 4 members (excludes halogenated alkanes) is 34. The number of amides is 2. The van der Waals surface area contributed by atoms with Crippen molar-refractivity contribution in [3.05, 3.63) is 0 Å². The molecule has 90 heavy (non-hydrogen) atoms. The Kier molecular flexibility index (Phi) is 49.2. The second-order valence-corrected chi connectivity index (χ2v) is 27.2. The third kappa shape index (κ3) is 40.1. The minimum absolute atomic E-state index is 0.169. The zero-order valence-corrected chi connectivity index (χ0v) is 57.1. The Hall–Kier alpha value is -2.37. The first-order valence-corrected chi connectivity index (χ1v) is 37.6. The van der Waals surface area contributed by atoms with E-state index in [4.69, 9.17) is 28.2 Å². The van der Waals surface area contributed by atoms with E-state index in [1.165, 1.54) is 103 Å². The number of aliphatic hydroxyl groups excluding tert-OH is 6. The number of ether oxygens (including phenoxy) is 5. The molecule has 0 aromatic rings. The van der Waals surface area contributed by atoms with E-state index in [0.717, 1.165) is 116 Å². The summed E-state index contributed by atoms with van der Waals surface area (Å²) >= 11 is 0. The van der Waals surface area contributed by atoms with Crippen LogP contribution in [0.3, 0.4) is 0 Å². The SMILES string of the molecule is CCCCCCCCCCCCCC(=O)O[C@H](CCCCCCCCCCC)CC(=O)NC1[C@H](OCC2O[C@H](O)C(NC(=O)C[C@H](O)CCCCCCCCCCC)[C@@H](OC(=O)C[C@H](O)CCCCCCCCCCC)[C@@H]2O)OC(CO)[C@@H](OP(=O)(O)O)[C@@H]1O. The van der Waals surface area contributed by atoms with Crippen LogP contribution in [0.15, 0.2) is 0 Å². The van der Waals surface area contributed by atoms with E-state index >= 15 is 0 Å². The first kappa shape index (κ1) is 83.7. The predicted octanol–water partition coefficient (Wildman–Crippen LogP) is 11.8. The summed E-state index contributed by atoms with van der Waals surface area (Å²) in [5.41, 5.74) is 0. The molecule has 2 rings (SSSR count). The molecule has 2 heterocycles. The molecule has 0 spiro atoms. The molecule has 0 saturated carbocycles. The summed E-state index contributed by atoms with van der Waals surface area (Å²) in [5, 5.41) is 72.6. The summed E-state index contributed by atoms with van der Waals surface area (Å²) in [4.78, 5) is 74.3. The van der Waals surface area contributed by atoms with Crippen LogP contribution < -0.4 is 10.6 Å². The fourth-order valence-electron chi connectivity index (χ4n) is 12.2. The standard InChI is InChI=1S/C68H129N2O19P/c1-5-9-13-17-21-25-26-30-34-38-42-46-59(76)85-54(45-41-37-33-29-24-20-16-12-8-4)49-58(75)69-61-64(79)65(89-90(81,82)83)55(50-71)87-68(61)84-51-56-63(78)66(88-60(77)48-53(73)44-40-36-32-28-23-19-15-11-7-3)62(67(80)86-56)70-57(74)47-52(72)43-39-35-31-27-22-18-14-10-6-2/h52-56,61-68,71-73,78-80H,5-51H2,1-4H3,(H,69,75)(H,70,74)(H2,81,82,83)/t52-,53-,54-,55?,56?,61?,62?,63-,64-,65-,66-,67+,68-/m1/s1. The molecule has 2 amide bonds. The van der Waals surface area contributed by atoms with Gasteiger partial charge in [-0.05, 0) is 32.1 Å². The molecule has 10 N–H and O–H groups in total. The molecule has 530 valence electrons. The van der Waals surface area contributed by atoms with Crippen LogP contribution in [0.2, 0.25) is 0 Å². The molecule has 2 fully saturated rings. The largest absolute Gasteiger partial charge is 0.470 e. The monoisotopic (exact) mass is 1310 g/mol. The van der Waals surface area contributed by atoms with Gasteiger partial charge >= 0.3 is 19.8 Å². The van der Waals surface area contributed by atoms with Crippen molar-refractivity contribution in [2.45, 2.75) is 396 Å². The zero-order chi connectivity index (χ0) is 66.2. The normalized spacial score (nSPS) is 23.1. The highest BCUT2D eigenvalue weighted by atomic mass is 31.2. The number of rotatable bonds is 58. The maximum absolute atomic E-state index is 14.2. The van der Waals surface area contributed by atoms with Gasteiger partial charge in [-0.15, -0.1) is 0 Å². The highest BCUT2D eigenvalue weighted by molar-refractivity contribution is 7.46. The number of aliphatic hydroxyl groups is 6. The summed E-state index contributed by atoms with van der Waals surface area (Å²) in [5.74, 6) is -2.88. The lowest BCUT2D eigenvalue weighted by Gasteiger charge is -2.45. The van der Waals surface area contributed by atoms with Crippen molar-refractivity contribution in [1.29, 1.82) is 0 Å². The second kappa shape index (κ2) is 52.9. The number of hydrogen-bond donors (Lipinski definition) is 10. The number of phosphoric acid groups is 1. The van der Waals surface area contributed by atoms with Crippen LogP contribution in [-0.4, -0.2) is 157 Å². The van der Waals surface area contributed by atoms with Gasteiger partial charge in [0.2, 0.25) is 11.8 Å². The smallest absolute Gasteiger partial charge is 0.462 e. The molecule has 21 nitrogen and oxygen atoms in total. The zero-order valence-electron chi connectivity index (χ0n) is 56.3. The minimum Gasteiger partial charge on any atom is -0.462 e. The van der Waals surface area contributed by atoms with E-state index in [-0.39, 0.29) is 19.3 Å². The predicted molar refractivity (Wildman–Crippen MR) is 348 cm³/mol. The Morgan fingerprint density at radius 3 is 1.31 bits per heavy atom. The molecule has 4 unspecified atom stereocenters. The number of carbonyl (C=O) groups is 4. The lowest BCUT2D eigenvalue weighted by Crippen LogP contribution is -2.67. The third-order valence-corrected chi connectivity index (χ3v) is 18.1. The molecule has 22 heteroatoms. The fourth-order valence-corrected chi connectivity index (χ4v) is 12.7. The van der Waals surface area contributed by atoms with Crippen molar-refractivity contribution in [3.8, 4) is 0 Å². The van der Waals surface area contributed by atoms with E-state index < -0.39 is 131 Å². The maximum Gasteiger partial charge on any atom is 0.470 e. The molecule has 0 aromatic carbocycles. The van der Waals surface area contributed by atoms with Crippen molar-refractivity contribution in [2.24, 2.45) is 0 Å². The molecular formula is C68H129N2O19P. The summed E-state index contributed by atoms with van der Waals surface area (Å²) < 4.78 is 46.6. The van der Waals surface area contributed by atoms with Gasteiger partial charge in [0, 0.05) is 6.42 Å². The molecule has 0 bridgehead atoms.